The van der Waals surface area contributed by atoms with Crippen LogP contribution in [-0.4, -0.2) is 25.0 Å². The Balaban J connectivity index is 1.51. The number of rotatable bonds is 7. The van der Waals surface area contributed by atoms with Crippen molar-refractivity contribution in [1.29, 1.82) is 0 Å². The second-order valence-corrected chi connectivity index (χ2v) is 5.67. The number of hydrogen-bond acceptors (Lipinski definition) is 2. The molecule has 0 spiro atoms. The van der Waals surface area contributed by atoms with Gasteiger partial charge in [0.15, 0.2) is 0 Å². The highest BCUT2D eigenvalue weighted by molar-refractivity contribution is 5.78. The lowest BCUT2D eigenvalue weighted by Gasteiger charge is -2.22. The van der Waals surface area contributed by atoms with Gasteiger partial charge in [0.1, 0.15) is 0 Å². The lowest BCUT2D eigenvalue weighted by molar-refractivity contribution is -0.121. The minimum Gasteiger partial charge on any atom is -0.352 e. The van der Waals surface area contributed by atoms with Crippen molar-refractivity contribution >= 4 is 5.91 Å². The van der Waals surface area contributed by atoms with E-state index in [1.807, 2.05) is 6.07 Å². The third-order valence-corrected chi connectivity index (χ3v) is 3.92. The lowest BCUT2D eigenvalue weighted by Crippen LogP contribution is -2.41. The van der Waals surface area contributed by atoms with Crippen LogP contribution in [0.15, 0.2) is 30.3 Å². The summed E-state index contributed by atoms with van der Waals surface area (Å²) in [5, 5.41) is 6.36. The summed E-state index contributed by atoms with van der Waals surface area (Å²) in [6.45, 7) is 1.35. The van der Waals surface area contributed by atoms with Gasteiger partial charge in [0.05, 0.1) is 6.54 Å². The standard InChI is InChI=1S/C17H26N2O/c20-17(19-16-11-5-2-6-12-16)14-18-13-7-10-15-8-3-1-4-9-15/h1,3-4,8-9,16,18H,2,5-7,10-14H2,(H,19,20). The Kier molecular flexibility index (Phi) is 6.58. The molecule has 0 aromatic heterocycles. The molecule has 3 nitrogen and oxygen atoms in total. The van der Waals surface area contributed by atoms with Crippen LogP contribution in [0.5, 0.6) is 0 Å². The molecule has 0 bridgehead atoms. The maximum Gasteiger partial charge on any atom is 0.234 e. The summed E-state index contributed by atoms with van der Waals surface area (Å²) in [4.78, 5) is 11.8. The van der Waals surface area contributed by atoms with Crippen LogP contribution in [-0.2, 0) is 11.2 Å². The number of carbonyl (C=O) groups excluding carboxylic acids is 1. The van der Waals surface area contributed by atoms with Gasteiger partial charge in [-0.3, -0.25) is 4.79 Å². The molecule has 1 fully saturated rings. The van der Waals surface area contributed by atoms with Crippen molar-refractivity contribution < 1.29 is 4.79 Å². The van der Waals surface area contributed by atoms with E-state index >= 15 is 0 Å². The second kappa shape index (κ2) is 8.75. The monoisotopic (exact) mass is 274 g/mol. The van der Waals surface area contributed by atoms with Crippen LogP contribution in [0.1, 0.15) is 44.1 Å². The van der Waals surface area contributed by atoms with Gasteiger partial charge in [0.2, 0.25) is 5.91 Å². The minimum absolute atomic E-state index is 0.150. The zero-order valence-electron chi connectivity index (χ0n) is 12.2. The van der Waals surface area contributed by atoms with Gasteiger partial charge in [-0.2, -0.15) is 0 Å². The van der Waals surface area contributed by atoms with Gasteiger partial charge in [-0.1, -0.05) is 49.6 Å². The van der Waals surface area contributed by atoms with E-state index in [2.05, 4.69) is 34.9 Å². The quantitative estimate of drug-likeness (QED) is 0.751. The predicted molar refractivity (Wildman–Crippen MR) is 82.6 cm³/mol. The van der Waals surface area contributed by atoms with Crippen molar-refractivity contribution in [1.82, 2.24) is 10.6 Å². The Hall–Kier alpha value is -1.35. The van der Waals surface area contributed by atoms with Gasteiger partial charge < -0.3 is 10.6 Å². The first-order chi connectivity index (χ1) is 9.84. The number of carbonyl (C=O) groups is 1. The summed E-state index contributed by atoms with van der Waals surface area (Å²) >= 11 is 0. The van der Waals surface area contributed by atoms with Crippen LogP contribution in [0.2, 0.25) is 0 Å². The van der Waals surface area contributed by atoms with E-state index in [-0.39, 0.29) is 5.91 Å². The molecule has 1 aliphatic carbocycles. The first-order valence-corrected chi connectivity index (χ1v) is 7.88. The van der Waals surface area contributed by atoms with Crippen LogP contribution >= 0.6 is 0 Å². The minimum atomic E-state index is 0.150. The molecular formula is C17H26N2O. The van der Waals surface area contributed by atoms with E-state index in [1.165, 1.54) is 24.8 Å². The summed E-state index contributed by atoms with van der Waals surface area (Å²) in [6.07, 6.45) is 8.29. The van der Waals surface area contributed by atoms with Gasteiger partial charge in [0, 0.05) is 6.04 Å². The molecule has 20 heavy (non-hydrogen) atoms. The van der Waals surface area contributed by atoms with Crippen molar-refractivity contribution in [2.45, 2.75) is 51.0 Å². The summed E-state index contributed by atoms with van der Waals surface area (Å²) in [6, 6.07) is 10.9. The molecule has 1 amide bonds. The number of aryl methyl sites for hydroxylation is 1. The molecule has 0 atom stereocenters. The van der Waals surface area contributed by atoms with E-state index in [9.17, 15) is 4.79 Å². The fourth-order valence-corrected chi connectivity index (χ4v) is 2.79. The molecule has 1 aliphatic rings. The van der Waals surface area contributed by atoms with Crippen molar-refractivity contribution in [3.8, 4) is 0 Å². The molecule has 0 heterocycles. The summed E-state index contributed by atoms with van der Waals surface area (Å²) < 4.78 is 0. The summed E-state index contributed by atoms with van der Waals surface area (Å²) in [5.74, 6) is 0.150. The van der Waals surface area contributed by atoms with Gasteiger partial charge in [-0.15, -0.1) is 0 Å². The van der Waals surface area contributed by atoms with E-state index in [1.54, 1.807) is 0 Å². The maximum atomic E-state index is 11.8. The molecule has 1 aromatic carbocycles. The lowest BCUT2D eigenvalue weighted by atomic mass is 9.95. The maximum absolute atomic E-state index is 11.8. The molecule has 0 aliphatic heterocycles. The average Bonchev–Trinajstić information content (AvgIpc) is 2.49. The smallest absolute Gasteiger partial charge is 0.234 e. The van der Waals surface area contributed by atoms with Crippen LogP contribution in [0.3, 0.4) is 0 Å². The highest BCUT2D eigenvalue weighted by atomic mass is 16.1. The Labute approximate surface area is 122 Å². The van der Waals surface area contributed by atoms with E-state index < -0.39 is 0 Å². The molecule has 2 rings (SSSR count). The largest absolute Gasteiger partial charge is 0.352 e. The fraction of sp³-hybridized carbons (Fsp3) is 0.588. The molecule has 0 radical (unpaired) electrons. The number of benzene rings is 1. The first-order valence-electron chi connectivity index (χ1n) is 7.88. The Morgan fingerprint density at radius 2 is 1.85 bits per heavy atom. The van der Waals surface area contributed by atoms with Gasteiger partial charge in [-0.05, 0) is 37.8 Å². The zero-order chi connectivity index (χ0) is 14.0. The molecular weight excluding hydrogens is 248 g/mol. The highest BCUT2D eigenvalue weighted by Crippen LogP contribution is 2.17. The van der Waals surface area contributed by atoms with Crippen LogP contribution in [0.25, 0.3) is 0 Å². The summed E-state index contributed by atoms with van der Waals surface area (Å²) in [7, 11) is 0. The number of nitrogens with one attached hydrogen (secondary N) is 2. The Morgan fingerprint density at radius 3 is 2.60 bits per heavy atom. The SMILES string of the molecule is O=C(CNCCCc1ccccc1)NC1CCCCC1. The third-order valence-electron chi connectivity index (χ3n) is 3.92. The molecule has 0 saturated heterocycles. The highest BCUT2D eigenvalue weighted by Gasteiger charge is 2.14. The van der Waals surface area contributed by atoms with Crippen LogP contribution < -0.4 is 10.6 Å². The van der Waals surface area contributed by atoms with E-state index in [0.717, 1.165) is 32.2 Å². The van der Waals surface area contributed by atoms with Crippen LogP contribution in [0.4, 0.5) is 0 Å². The second-order valence-electron chi connectivity index (χ2n) is 5.67. The van der Waals surface area contributed by atoms with Gasteiger partial charge in [-0.25, -0.2) is 0 Å². The predicted octanol–water partition coefficient (Wildman–Crippen LogP) is 2.66. The van der Waals surface area contributed by atoms with Gasteiger partial charge >= 0.3 is 0 Å². The molecule has 110 valence electrons. The molecule has 3 heteroatoms. The van der Waals surface area contributed by atoms with Crippen molar-refractivity contribution in [2.75, 3.05) is 13.1 Å². The molecule has 1 aromatic rings. The van der Waals surface area contributed by atoms with Crippen molar-refractivity contribution in [3.63, 3.8) is 0 Å². The zero-order valence-corrected chi connectivity index (χ0v) is 12.2. The van der Waals surface area contributed by atoms with Gasteiger partial charge in [0.25, 0.3) is 0 Å². The van der Waals surface area contributed by atoms with E-state index in [4.69, 9.17) is 0 Å². The van der Waals surface area contributed by atoms with Crippen molar-refractivity contribution in [3.05, 3.63) is 35.9 Å². The Bertz CT molecular complexity index is 385. The molecule has 2 N–H and O–H groups in total. The molecule has 0 unspecified atom stereocenters. The fourth-order valence-electron chi connectivity index (χ4n) is 2.79. The number of amides is 1. The Morgan fingerprint density at radius 1 is 1.10 bits per heavy atom. The topological polar surface area (TPSA) is 41.1 Å². The normalized spacial score (nSPS) is 16.0. The molecule has 1 saturated carbocycles. The number of hydrogen-bond donors (Lipinski definition) is 2. The van der Waals surface area contributed by atoms with E-state index in [0.29, 0.717) is 12.6 Å². The van der Waals surface area contributed by atoms with Crippen molar-refractivity contribution in [2.24, 2.45) is 0 Å². The summed E-state index contributed by atoms with van der Waals surface area (Å²) in [5.41, 5.74) is 1.36. The first kappa shape index (κ1) is 15.0. The van der Waals surface area contributed by atoms with Crippen LogP contribution in [0, 0.1) is 0 Å². The average molecular weight is 274 g/mol. The third kappa shape index (κ3) is 5.74.